The molecule has 0 radical (unpaired) electrons. The highest BCUT2D eigenvalue weighted by atomic mass is 32.2. The SMILES string of the molecule is CC=C1C2CN(S(=O)(=O)c3ccc(C)cc3)CC1C21CCC1. The molecule has 2 saturated heterocycles. The predicted octanol–water partition coefficient (Wildman–Crippen LogP) is 3.36. The van der Waals surface area contributed by atoms with Crippen LogP contribution in [0.5, 0.6) is 0 Å². The van der Waals surface area contributed by atoms with Crippen LogP contribution in [0.2, 0.25) is 0 Å². The van der Waals surface area contributed by atoms with E-state index in [0.717, 1.165) is 5.56 Å². The van der Waals surface area contributed by atoms with Crippen molar-refractivity contribution >= 4 is 10.0 Å². The zero-order chi connectivity index (χ0) is 15.5. The van der Waals surface area contributed by atoms with E-state index in [4.69, 9.17) is 0 Å². The summed E-state index contributed by atoms with van der Waals surface area (Å²) in [5.41, 5.74) is 3.04. The number of allylic oxidation sites excluding steroid dienone is 1. The molecule has 118 valence electrons. The number of sulfonamides is 1. The van der Waals surface area contributed by atoms with Gasteiger partial charge in [-0.15, -0.1) is 0 Å². The van der Waals surface area contributed by atoms with E-state index in [9.17, 15) is 8.42 Å². The molecule has 2 unspecified atom stereocenters. The fraction of sp³-hybridized carbons (Fsp3) is 0.556. The van der Waals surface area contributed by atoms with Gasteiger partial charge in [-0.05, 0) is 44.2 Å². The molecule has 1 aromatic carbocycles. The topological polar surface area (TPSA) is 37.4 Å². The van der Waals surface area contributed by atoms with Crippen molar-refractivity contribution in [2.75, 3.05) is 13.1 Å². The van der Waals surface area contributed by atoms with Gasteiger partial charge in [0.05, 0.1) is 4.90 Å². The summed E-state index contributed by atoms with van der Waals surface area (Å²) in [7, 11) is -3.34. The van der Waals surface area contributed by atoms with Gasteiger partial charge in [-0.25, -0.2) is 8.42 Å². The lowest BCUT2D eigenvalue weighted by molar-refractivity contribution is -0.102. The Labute approximate surface area is 133 Å². The number of aryl methyl sites for hydroxylation is 1. The van der Waals surface area contributed by atoms with Gasteiger partial charge in [0.15, 0.2) is 0 Å². The van der Waals surface area contributed by atoms with Crippen LogP contribution >= 0.6 is 0 Å². The normalized spacial score (nSPS) is 29.8. The van der Waals surface area contributed by atoms with Gasteiger partial charge in [-0.2, -0.15) is 4.31 Å². The van der Waals surface area contributed by atoms with Crippen LogP contribution in [-0.2, 0) is 10.0 Å². The van der Waals surface area contributed by atoms with Gasteiger partial charge in [-0.1, -0.05) is 35.8 Å². The Bertz CT molecular complexity index is 711. The summed E-state index contributed by atoms with van der Waals surface area (Å²) in [6.45, 7) is 5.43. The van der Waals surface area contributed by atoms with Crippen LogP contribution < -0.4 is 0 Å². The fourth-order valence-electron chi connectivity index (χ4n) is 4.85. The first-order chi connectivity index (χ1) is 10.5. The number of hydrogen-bond donors (Lipinski definition) is 0. The second-order valence-electron chi connectivity index (χ2n) is 7.12. The quantitative estimate of drug-likeness (QED) is 0.784. The van der Waals surface area contributed by atoms with Crippen LogP contribution in [0.4, 0.5) is 0 Å². The van der Waals surface area contributed by atoms with Gasteiger partial charge < -0.3 is 0 Å². The maximum absolute atomic E-state index is 12.9. The van der Waals surface area contributed by atoms with Crippen molar-refractivity contribution in [1.82, 2.24) is 4.31 Å². The van der Waals surface area contributed by atoms with E-state index in [1.54, 1.807) is 16.4 Å². The molecular weight excluding hydrogens is 294 g/mol. The Kier molecular flexibility index (Phi) is 3.08. The van der Waals surface area contributed by atoms with E-state index in [1.807, 2.05) is 19.1 Å². The average molecular weight is 317 g/mol. The molecular formula is C18H23NO2S. The average Bonchev–Trinajstić information content (AvgIpc) is 2.46. The highest BCUT2D eigenvalue weighted by Crippen LogP contribution is 2.68. The molecule has 2 aliphatic carbocycles. The Morgan fingerprint density at radius 1 is 1.14 bits per heavy atom. The first-order valence-electron chi connectivity index (χ1n) is 8.22. The molecule has 1 aromatic rings. The lowest BCUT2D eigenvalue weighted by Crippen LogP contribution is -2.67. The molecule has 0 aromatic heterocycles. The van der Waals surface area contributed by atoms with Crippen molar-refractivity contribution < 1.29 is 8.42 Å². The minimum atomic E-state index is -3.34. The maximum atomic E-state index is 12.9. The summed E-state index contributed by atoms with van der Waals surface area (Å²) in [6, 6.07) is 7.23. The zero-order valence-electron chi connectivity index (χ0n) is 13.2. The van der Waals surface area contributed by atoms with E-state index in [1.165, 1.54) is 24.8 Å². The van der Waals surface area contributed by atoms with Crippen molar-refractivity contribution in [2.24, 2.45) is 17.3 Å². The van der Waals surface area contributed by atoms with Crippen LogP contribution in [0.15, 0.2) is 40.8 Å². The van der Waals surface area contributed by atoms with Gasteiger partial charge in [0.2, 0.25) is 10.0 Å². The van der Waals surface area contributed by atoms with Gasteiger partial charge in [0, 0.05) is 24.9 Å². The molecule has 2 heterocycles. The minimum Gasteiger partial charge on any atom is -0.207 e. The highest BCUT2D eigenvalue weighted by Gasteiger charge is 2.64. The van der Waals surface area contributed by atoms with Crippen molar-refractivity contribution in [3.05, 3.63) is 41.5 Å². The van der Waals surface area contributed by atoms with Crippen molar-refractivity contribution in [1.29, 1.82) is 0 Å². The monoisotopic (exact) mass is 317 g/mol. The highest BCUT2D eigenvalue weighted by molar-refractivity contribution is 7.89. The van der Waals surface area contributed by atoms with Crippen LogP contribution in [-0.4, -0.2) is 25.8 Å². The number of rotatable bonds is 2. The smallest absolute Gasteiger partial charge is 0.207 e. The lowest BCUT2D eigenvalue weighted by Gasteiger charge is -2.68. The third-order valence-corrected chi connectivity index (χ3v) is 8.09. The van der Waals surface area contributed by atoms with E-state index in [0.29, 0.717) is 35.2 Å². The number of hydrogen-bond acceptors (Lipinski definition) is 2. The standard InChI is InChI=1S/C18H23NO2S/c1-3-15-16-11-19(12-17(15)18(16)9-4-10-18)22(20,21)14-7-5-13(2)6-8-14/h3,5-8,16-17H,4,9-12H2,1-2H3. The van der Waals surface area contributed by atoms with E-state index in [-0.39, 0.29) is 0 Å². The summed E-state index contributed by atoms with van der Waals surface area (Å²) in [5.74, 6) is 0.926. The summed E-state index contributed by atoms with van der Waals surface area (Å²) < 4.78 is 27.5. The summed E-state index contributed by atoms with van der Waals surface area (Å²) in [4.78, 5) is 0.434. The van der Waals surface area contributed by atoms with E-state index < -0.39 is 10.0 Å². The Hall–Kier alpha value is -1.13. The molecule has 4 heteroatoms. The predicted molar refractivity (Wildman–Crippen MR) is 87.0 cm³/mol. The number of nitrogens with zero attached hydrogens (tertiary/aromatic N) is 1. The third-order valence-electron chi connectivity index (χ3n) is 6.24. The third kappa shape index (κ3) is 1.74. The molecule has 2 aliphatic heterocycles. The van der Waals surface area contributed by atoms with Crippen molar-refractivity contribution in [3.8, 4) is 0 Å². The largest absolute Gasteiger partial charge is 0.243 e. The van der Waals surface area contributed by atoms with Gasteiger partial charge >= 0.3 is 0 Å². The van der Waals surface area contributed by atoms with E-state index >= 15 is 0 Å². The number of piperidine rings is 2. The summed E-state index contributed by atoms with van der Waals surface area (Å²) in [5, 5.41) is 0. The first-order valence-corrected chi connectivity index (χ1v) is 9.66. The van der Waals surface area contributed by atoms with Crippen LogP contribution in [0.25, 0.3) is 0 Å². The molecule has 22 heavy (non-hydrogen) atoms. The molecule has 2 saturated carbocycles. The molecule has 2 bridgehead atoms. The first kappa shape index (κ1) is 14.5. The zero-order valence-corrected chi connectivity index (χ0v) is 14.1. The van der Waals surface area contributed by atoms with Gasteiger partial charge in [0.1, 0.15) is 0 Å². The molecule has 4 fully saturated rings. The van der Waals surface area contributed by atoms with Crippen LogP contribution in [0.3, 0.4) is 0 Å². The lowest BCUT2D eigenvalue weighted by atomic mass is 9.40. The molecule has 2 atom stereocenters. The molecule has 4 aliphatic rings. The summed E-state index contributed by atoms with van der Waals surface area (Å²) >= 11 is 0. The Morgan fingerprint density at radius 2 is 1.73 bits per heavy atom. The van der Waals surface area contributed by atoms with Crippen molar-refractivity contribution in [3.63, 3.8) is 0 Å². The van der Waals surface area contributed by atoms with E-state index in [2.05, 4.69) is 13.0 Å². The second kappa shape index (κ2) is 4.68. The Balaban J connectivity index is 1.62. The number of fused-ring (bicyclic) bond motifs is 2. The van der Waals surface area contributed by atoms with Crippen molar-refractivity contribution in [2.45, 2.75) is 38.0 Å². The minimum absolute atomic E-state index is 0.434. The maximum Gasteiger partial charge on any atom is 0.243 e. The molecule has 3 nitrogen and oxygen atoms in total. The molecule has 0 amide bonds. The number of benzene rings is 1. The molecule has 0 N–H and O–H groups in total. The van der Waals surface area contributed by atoms with Crippen LogP contribution in [0.1, 0.15) is 31.7 Å². The molecule has 5 rings (SSSR count). The summed E-state index contributed by atoms with van der Waals surface area (Å²) in [6.07, 6.45) is 6.12. The van der Waals surface area contributed by atoms with Gasteiger partial charge in [0.25, 0.3) is 0 Å². The fourth-order valence-corrected chi connectivity index (χ4v) is 6.32. The Morgan fingerprint density at radius 3 is 2.18 bits per heavy atom. The van der Waals surface area contributed by atoms with Crippen LogP contribution in [0, 0.1) is 24.2 Å². The van der Waals surface area contributed by atoms with Gasteiger partial charge in [-0.3, -0.25) is 0 Å². The molecule has 1 spiro atoms. The second-order valence-corrected chi connectivity index (χ2v) is 9.05.